The van der Waals surface area contributed by atoms with Crippen molar-refractivity contribution in [3.05, 3.63) is 53.1 Å². The molecule has 0 radical (unpaired) electrons. The van der Waals surface area contributed by atoms with Gasteiger partial charge in [-0.3, -0.25) is 4.79 Å². The van der Waals surface area contributed by atoms with E-state index in [1.165, 1.54) is 16.4 Å². The maximum absolute atomic E-state index is 12.5. The van der Waals surface area contributed by atoms with E-state index in [0.29, 0.717) is 45.0 Å². The smallest absolute Gasteiger partial charge is 0.264 e. The summed E-state index contributed by atoms with van der Waals surface area (Å²) in [6.07, 6.45) is 1.85. The molecule has 4 aromatic rings. The van der Waals surface area contributed by atoms with Gasteiger partial charge in [0.25, 0.3) is 5.89 Å². The highest BCUT2D eigenvalue weighted by Gasteiger charge is 2.24. The van der Waals surface area contributed by atoms with Crippen LogP contribution in [0.4, 0.5) is 5.82 Å². The summed E-state index contributed by atoms with van der Waals surface area (Å²) in [6, 6.07) is 12.7. The summed E-state index contributed by atoms with van der Waals surface area (Å²) in [5.74, 6) is 1.83. The van der Waals surface area contributed by atoms with Gasteiger partial charge in [0.05, 0.1) is 0 Å². The predicted octanol–water partition coefficient (Wildman–Crippen LogP) is 3.60. The first-order valence-corrected chi connectivity index (χ1v) is 11.8. The standard InChI is InChI=1S/C22H19ClN6O4S/c1-34-22-18(21-26-20(28-33-21)12-6-7-15-16(8-12)32-11-31-15)19(24)29(27-22)10-17(30)25-9-13-4-2-3-5-14(13)23/h2-8H,9-11,24H2,1H3,(H,25,30). The number of carbonyl (C=O) groups excluding carboxylic acids is 1. The predicted molar refractivity (Wildman–Crippen MR) is 127 cm³/mol. The van der Waals surface area contributed by atoms with E-state index in [1.54, 1.807) is 18.2 Å². The second-order valence-corrected chi connectivity index (χ2v) is 8.49. The molecule has 0 saturated carbocycles. The number of nitrogens with one attached hydrogen (secondary N) is 1. The molecule has 1 amide bonds. The fourth-order valence-electron chi connectivity index (χ4n) is 3.42. The third kappa shape index (κ3) is 4.27. The number of hydrogen-bond acceptors (Lipinski definition) is 9. The lowest BCUT2D eigenvalue weighted by Gasteiger charge is -2.08. The summed E-state index contributed by atoms with van der Waals surface area (Å²) < 4.78 is 17.6. The van der Waals surface area contributed by atoms with Gasteiger partial charge in [-0.15, -0.1) is 11.8 Å². The summed E-state index contributed by atoms with van der Waals surface area (Å²) in [5.41, 5.74) is 8.33. The number of halogens is 1. The quantitative estimate of drug-likeness (QED) is 0.367. The monoisotopic (exact) mass is 498 g/mol. The number of anilines is 1. The number of nitrogens with two attached hydrogens (primary N) is 1. The Balaban J connectivity index is 1.35. The van der Waals surface area contributed by atoms with Gasteiger partial charge in [-0.1, -0.05) is 35.0 Å². The highest BCUT2D eigenvalue weighted by molar-refractivity contribution is 7.98. The van der Waals surface area contributed by atoms with Crippen molar-refractivity contribution in [1.82, 2.24) is 25.2 Å². The molecular weight excluding hydrogens is 480 g/mol. The maximum atomic E-state index is 12.5. The van der Waals surface area contributed by atoms with Gasteiger partial charge in [0, 0.05) is 17.1 Å². The van der Waals surface area contributed by atoms with Gasteiger partial charge in [-0.25, -0.2) is 4.68 Å². The number of benzene rings is 2. The van der Waals surface area contributed by atoms with Crippen molar-refractivity contribution in [3.8, 4) is 34.3 Å². The third-order valence-corrected chi connectivity index (χ3v) is 6.19. The zero-order valence-electron chi connectivity index (χ0n) is 17.9. The van der Waals surface area contributed by atoms with Crippen LogP contribution in [0.2, 0.25) is 5.02 Å². The Kier molecular flexibility index (Phi) is 6.03. The molecule has 5 rings (SSSR count). The summed E-state index contributed by atoms with van der Waals surface area (Å²) >= 11 is 7.51. The molecule has 1 aliphatic heterocycles. The SMILES string of the molecule is CSc1nn(CC(=O)NCc2ccccc2Cl)c(N)c1-c1nc(-c2ccc3c(c2)OCO3)no1. The van der Waals surface area contributed by atoms with Gasteiger partial charge in [-0.2, -0.15) is 10.1 Å². The van der Waals surface area contributed by atoms with Crippen LogP contribution in [0.15, 0.2) is 52.0 Å². The molecule has 174 valence electrons. The molecule has 0 atom stereocenters. The minimum atomic E-state index is -0.264. The van der Waals surface area contributed by atoms with Crippen molar-refractivity contribution in [1.29, 1.82) is 0 Å². The lowest BCUT2D eigenvalue weighted by Crippen LogP contribution is -2.28. The number of fused-ring (bicyclic) bond motifs is 1. The van der Waals surface area contributed by atoms with Crippen molar-refractivity contribution in [3.63, 3.8) is 0 Å². The van der Waals surface area contributed by atoms with Gasteiger partial charge in [0.1, 0.15) is 23.0 Å². The van der Waals surface area contributed by atoms with Crippen molar-refractivity contribution < 1.29 is 18.8 Å². The number of ether oxygens (including phenoxy) is 2. The zero-order chi connectivity index (χ0) is 23.7. The Hall–Kier alpha value is -3.70. The molecule has 0 saturated heterocycles. The van der Waals surface area contributed by atoms with Gasteiger partial charge in [0.2, 0.25) is 18.5 Å². The van der Waals surface area contributed by atoms with E-state index in [2.05, 4.69) is 20.6 Å². The van der Waals surface area contributed by atoms with E-state index in [0.717, 1.165) is 5.56 Å². The maximum Gasteiger partial charge on any atom is 0.264 e. The van der Waals surface area contributed by atoms with Crippen molar-refractivity contribution >= 4 is 35.1 Å². The van der Waals surface area contributed by atoms with Gasteiger partial charge >= 0.3 is 0 Å². The lowest BCUT2D eigenvalue weighted by molar-refractivity contribution is -0.122. The first-order valence-electron chi connectivity index (χ1n) is 10.2. The molecule has 0 fully saturated rings. The molecule has 10 nitrogen and oxygen atoms in total. The topological polar surface area (TPSA) is 130 Å². The summed E-state index contributed by atoms with van der Waals surface area (Å²) in [5, 5.41) is 12.5. The molecule has 0 unspecified atom stereocenters. The second-order valence-electron chi connectivity index (χ2n) is 7.29. The first kappa shape index (κ1) is 22.1. The summed E-state index contributed by atoms with van der Waals surface area (Å²) in [4.78, 5) is 17.0. The number of amides is 1. The number of rotatable bonds is 7. The third-order valence-electron chi connectivity index (χ3n) is 5.15. The number of hydrogen-bond donors (Lipinski definition) is 2. The number of nitrogens with zero attached hydrogens (tertiary/aromatic N) is 4. The van der Waals surface area contributed by atoms with E-state index in [9.17, 15) is 4.79 Å². The zero-order valence-corrected chi connectivity index (χ0v) is 19.5. The van der Waals surface area contributed by atoms with Crippen LogP contribution in [0.3, 0.4) is 0 Å². The molecular formula is C22H19ClN6O4S. The number of thioether (sulfide) groups is 1. The van der Waals surface area contributed by atoms with Crippen molar-refractivity contribution in [2.45, 2.75) is 18.1 Å². The molecule has 0 bridgehead atoms. The van der Waals surface area contributed by atoms with Crippen LogP contribution in [0.25, 0.3) is 22.8 Å². The first-order chi connectivity index (χ1) is 16.5. The second kappa shape index (κ2) is 9.27. The Morgan fingerprint density at radius 3 is 2.88 bits per heavy atom. The molecule has 34 heavy (non-hydrogen) atoms. The lowest BCUT2D eigenvalue weighted by atomic mass is 10.2. The van der Waals surface area contributed by atoms with E-state index in [1.807, 2.05) is 30.5 Å². The van der Waals surface area contributed by atoms with E-state index >= 15 is 0 Å². The minimum absolute atomic E-state index is 0.0764. The van der Waals surface area contributed by atoms with Gasteiger partial charge in [-0.05, 0) is 36.1 Å². The average Bonchev–Trinajstić information content (AvgIpc) is 3.57. The van der Waals surface area contributed by atoms with E-state index in [4.69, 9.17) is 31.3 Å². The largest absolute Gasteiger partial charge is 0.454 e. The Bertz CT molecular complexity index is 1370. The van der Waals surface area contributed by atoms with E-state index < -0.39 is 0 Å². The normalized spacial score (nSPS) is 12.2. The Labute approximate surface area is 203 Å². The van der Waals surface area contributed by atoms with E-state index in [-0.39, 0.29) is 31.0 Å². The fourth-order valence-corrected chi connectivity index (χ4v) is 4.20. The van der Waals surface area contributed by atoms with Gasteiger partial charge in [0.15, 0.2) is 11.5 Å². The molecule has 2 aromatic heterocycles. The summed E-state index contributed by atoms with van der Waals surface area (Å²) in [7, 11) is 0. The highest BCUT2D eigenvalue weighted by Crippen LogP contribution is 2.37. The minimum Gasteiger partial charge on any atom is -0.454 e. The number of nitrogen functional groups attached to an aromatic ring is 1. The highest BCUT2D eigenvalue weighted by atomic mass is 35.5. The Morgan fingerprint density at radius 1 is 1.24 bits per heavy atom. The number of carbonyl (C=O) groups is 1. The molecule has 2 aromatic carbocycles. The van der Waals surface area contributed by atoms with Crippen LogP contribution in [-0.4, -0.2) is 38.9 Å². The summed E-state index contributed by atoms with van der Waals surface area (Å²) in [6.45, 7) is 0.395. The average molecular weight is 499 g/mol. The molecule has 3 N–H and O–H groups in total. The van der Waals surface area contributed by atoms with Crippen LogP contribution in [0, 0.1) is 0 Å². The van der Waals surface area contributed by atoms with Crippen molar-refractivity contribution in [2.24, 2.45) is 0 Å². The van der Waals surface area contributed by atoms with Crippen LogP contribution in [0.5, 0.6) is 11.5 Å². The molecule has 1 aliphatic rings. The van der Waals surface area contributed by atoms with Gasteiger partial charge < -0.3 is 25.0 Å². The molecule has 0 aliphatic carbocycles. The van der Waals surface area contributed by atoms with Crippen LogP contribution in [0.1, 0.15) is 5.56 Å². The molecule has 12 heteroatoms. The fraction of sp³-hybridized carbons (Fsp3) is 0.182. The molecule has 3 heterocycles. The van der Waals surface area contributed by atoms with Crippen molar-refractivity contribution in [2.75, 3.05) is 18.8 Å². The molecule has 0 spiro atoms. The van der Waals surface area contributed by atoms with Crippen LogP contribution in [-0.2, 0) is 17.9 Å². The van der Waals surface area contributed by atoms with Crippen LogP contribution < -0.4 is 20.5 Å². The number of aromatic nitrogens is 4. The Morgan fingerprint density at radius 2 is 2.06 bits per heavy atom. The van der Waals surface area contributed by atoms with Crippen LogP contribution >= 0.6 is 23.4 Å².